The number of hydrogen-bond acceptors (Lipinski definition) is 5. The topological polar surface area (TPSA) is 57.0 Å². The van der Waals surface area contributed by atoms with E-state index in [4.69, 9.17) is 0 Å². The summed E-state index contributed by atoms with van der Waals surface area (Å²) >= 11 is 1.14. The van der Waals surface area contributed by atoms with Crippen molar-refractivity contribution in [3.63, 3.8) is 0 Å². The highest BCUT2D eigenvalue weighted by Crippen LogP contribution is 2.34. The zero-order chi connectivity index (χ0) is 26.8. The van der Waals surface area contributed by atoms with Gasteiger partial charge in [0.15, 0.2) is 0 Å². The Morgan fingerprint density at radius 2 is 1.58 bits per heavy atom. The van der Waals surface area contributed by atoms with Crippen LogP contribution in [0.2, 0.25) is 0 Å². The van der Waals surface area contributed by atoms with E-state index in [0.29, 0.717) is 9.79 Å². The van der Waals surface area contributed by atoms with Gasteiger partial charge in [0.25, 0.3) is 0 Å². The van der Waals surface area contributed by atoms with Gasteiger partial charge in [-0.15, -0.1) is 0 Å². The van der Waals surface area contributed by atoms with Crippen molar-refractivity contribution < 1.29 is 31.5 Å². The maximum atomic E-state index is 14.0. The first-order valence-corrected chi connectivity index (χ1v) is 11.7. The summed E-state index contributed by atoms with van der Waals surface area (Å²) in [5.74, 6) is -14.2. The molecule has 38 heavy (non-hydrogen) atoms. The van der Waals surface area contributed by atoms with E-state index in [9.17, 15) is 26.7 Å². The monoisotopic (exact) mass is 539 g/mol. The molecule has 0 atom stereocenters. The lowest BCUT2D eigenvalue weighted by molar-refractivity contribution is 0.0712. The first-order valence-electron chi connectivity index (χ1n) is 10.9. The normalized spacial score (nSPS) is 11.4. The third-order valence-corrected chi connectivity index (χ3v) is 6.41. The fraction of sp³-hybridized carbons (Fsp3) is 0. The first kappa shape index (κ1) is 25.2. The number of halogens is 5. The highest BCUT2D eigenvalue weighted by atomic mass is 32.2. The molecule has 2 heterocycles. The molecule has 2 aromatic heterocycles. The van der Waals surface area contributed by atoms with Gasteiger partial charge in [-0.3, -0.25) is 4.98 Å². The van der Waals surface area contributed by atoms with Crippen LogP contribution in [0.15, 0.2) is 82.8 Å². The average Bonchev–Trinajstić information content (AvgIpc) is 3.35. The molecule has 0 aliphatic heterocycles. The van der Waals surface area contributed by atoms with E-state index in [-0.39, 0.29) is 5.56 Å². The molecule has 0 aliphatic carbocycles. The summed E-state index contributed by atoms with van der Waals surface area (Å²) in [6, 6.07) is 16.9. The lowest BCUT2D eigenvalue weighted by Crippen LogP contribution is -2.14. The molecule has 190 valence electrons. The smallest absolute Gasteiger partial charge is 0.344 e. The van der Waals surface area contributed by atoms with Crippen LogP contribution in [0, 0.1) is 29.1 Å². The van der Waals surface area contributed by atoms with Crippen LogP contribution in [0.4, 0.5) is 22.0 Å². The summed E-state index contributed by atoms with van der Waals surface area (Å²) in [6.07, 6.45) is 6.89. The van der Waals surface area contributed by atoms with E-state index in [1.165, 1.54) is 12.1 Å². The van der Waals surface area contributed by atoms with Gasteiger partial charge in [0.1, 0.15) is 0 Å². The number of aromatic nitrogens is 3. The predicted octanol–water partition coefficient (Wildman–Crippen LogP) is 7.13. The van der Waals surface area contributed by atoms with Gasteiger partial charge < -0.3 is 4.74 Å². The molecular weight excluding hydrogens is 525 g/mol. The lowest BCUT2D eigenvalue weighted by atomic mass is 10.2. The molecule has 0 unspecified atom stereocenters. The fourth-order valence-electron chi connectivity index (χ4n) is 3.49. The summed E-state index contributed by atoms with van der Waals surface area (Å²) in [6.45, 7) is 0. The second-order valence-electron chi connectivity index (χ2n) is 7.77. The zero-order valence-corrected chi connectivity index (χ0v) is 19.9. The van der Waals surface area contributed by atoms with Gasteiger partial charge >= 0.3 is 5.97 Å². The molecule has 0 aliphatic rings. The molecule has 0 bridgehead atoms. The Morgan fingerprint density at radius 3 is 2.32 bits per heavy atom. The maximum absolute atomic E-state index is 14.0. The van der Waals surface area contributed by atoms with Gasteiger partial charge in [-0.25, -0.2) is 22.6 Å². The second-order valence-corrected chi connectivity index (χ2v) is 8.88. The molecule has 5 rings (SSSR count). The molecule has 5 aromatic rings. The van der Waals surface area contributed by atoms with Crippen LogP contribution in [0.1, 0.15) is 16.1 Å². The summed E-state index contributed by atoms with van der Waals surface area (Å²) < 4.78 is 74.7. The highest BCUT2D eigenvalue weighted by molar-refractivity contribution is 7.99. The number of hydrogen-bond donors (Lipinski definition) is 0. The van der Waals surface area contributed by atoms with Gasteiger partial charge in [-0.2, -0.15) is 13.9 Å². The maximum Gasteiger partial charge on any atom is 0.344 e. The number of nitrogens with zero attached hydrogens (tertiary/aromatic N) is 3. The van der Waals surface area contributed by atoms with Gasteiger partial charge in [0.05, 0.1) is 23.0 Å². The Kier molecular flexibility index (Phi) is 6.93. The Balaban J connectivity index is 1.43. The van der Waals surface area contributed by atoms with Crippen LogP contribution in [-0.2, 0) is 0 Å². The molecule has 0 amide bonds. The van der Waals surface area contributed by atoms with Crippen molar-refractivity contribution >= 4 is 40.9 Å². The van der Waals surface area contributed by atoms with Crippen LogP contribution in [0.25, 0.3) is 23.2 Å². The molecule has 0 fully saturated rings. The van der Waals surface area contributed by atoms with E-state index in [1.54, 1.807) is 53.6 Å². The van der Waals surface area contributed by atoms with E-state index in [2.05, 4.69) is 14.8 Å². The number of carbonyl (C=O) groups excluding carboxylic acids is 1. The van der Waals surface area contributed by atoms with Crippen molar-refractivity contribution in [3.05, 3.63) is 113 Å². The predicted molar refractivity (Wildman–Crippen MR) is 131 cm³/mol. The van der Waals surface area contributed by atoms with Crippen LogP contribution in [0.3, 0.4) is 0 Å². The quantitative estimate of drug-likeness (QED) is 0.0756. The molecule has 3 aromatic carbocycles. The van der Waals surface area contributed by atoms with Crippen molar-refractivity contribution in [2.75, 3.05) is 0 Å². The first-order chi connectivity index (χ1) is 18.3. The minimum absolute atomic E-state index is 0.134. The van der Waals surface area contributed by atoms with Crippen LogP contribution >= 0.6 is 11.8 Å². The van der Waals surface area contributed by atoms with Crippen molar-refractivity contribution in [2.45, 2.75) is 9.79 Å². The molecule has 11 heteroatoms. The zero-order valence-electron chi connectivity index (χ0n) is 19.0. The van der Waals surface area contributed by atoms with Crippen molar-refractivity contribution in [3.8, 4) is 5.75 Å². The Labute approximate surface area is 216 Å². The van der Waals surface area contributed by atoms with Crippen LogP contribution in [-0.4, -0.2) is 20.7 Å². The van der Waals surface area contributed by atoms with Crippen LogP contribution in [0.5, 0.6) is 5.75 Å². The van der Waals surface area contributed by atoms with E-state index < -0.39 is 40.8 Å². The number of ether oxygens (including phenoxy) is 1. The fourth-order valence-corrected chi connectivity index (χ4v) is 4.46. The number of fused-ring (bicyclic) bond motifs is 1. The third-order valence-electron chi connectivity index (χ3n) is 5.34. The van der Waals surface area contributed by atoms with E-state index >= 15 is 0 Å². The number of carbonyl (C=O) groups is 1. The molecule has 5 nitrogen and oxygen atoms in total. The summed E-state index contributed by atoms with van der Waals surface area (Å²) in [4.78, 5) is 18.0. The van der Waals surface area contributed by atoms with Gasteiger partial charge in [-0.05, 0) is 42.5 Å². The largest absolute Gasteiger partial charge is 0.416 e. The molecule has 0 saturated heterocycles. The Bertz CT molecular complexity index is 1680. The van der Waals surface area contributed by atoms with Crippen molar-refractivity contribution in [2.24, 2.45) is 0 Å². The number of esters is 1. The average molecular weight is 539 g/mol. The standard InChI is InChI=1S/C27H14F5N3O2S/c28-21-22(29)24(31)26(25(32)23(21)30)37-27(36)18-6-1-2-7-20(18)38-17-9-8-15-14-34-35(19(15)13-17)12-10-16-5-3-4-11-33-16/h1-14H. The van der Waals surface area contributed by atoms with E-state index in [0.717, 1.165) is 28.4 Å². The van der Waals surface area contributed by atoms with Gasteiger partial charge in [0.2, 0.25) is 34.8 Å². The molecule has 0 saturated carbocycles. The highest BCUT2D eigenvalue weighted by Gasteiger charge is 2.29. The lowest BCUT2D eigenvalue weighted by Gasteiger charge is -2.11. The number of pyridine rings is 1. The second kappa shape index (κ2) is 10.5. The summed E-state index contributed by atoms with van der Waals surface area (Å²) in [7, 11) is 0. The Hall–Kier alpha value is -4.51. The van der Waals surface area contributed by atoms with Gasteiger partial charge in [-0.1, -0.05) is 36.0 Å². The minimum atomic E-state index is -2.35. The van der Waals surface area contributed by atoms with Gasteiger partial charge in [0, 0.05) is 27.6 Å². The SMILES string of the molecule is O=C(Oc1c(F)c(F)c(F)c(F)c1F)c1ccccc1Sc1ccc2cnn(C=Cc3ccccn3)c2c1. The van der Waals surface area contributed by atoms with Crippen molar-refractivity contribution in [1.82, 2.24) is 14.8 Å². The minimum Gasteiger partial charge on any atom is -0.416 e. The number of rotatable bonds is 6. The van der Waals surface area contributed by atoms with Crippen LogP contribution < -0.4 is 4.74 Å². The third kappa shape index (κ3) is 4.88. The van der Waals surface area contributed by atoms with Crippen molar-refractivity contribution in [1.29, 1.82) is 0 Å². The number of benzene rings is 3. The summed E-state index contributed by atoms with van der Waals surface area (Å²) in [5, 5.41) is 5.19. The molecule has 0 radical (unpaired) electrons. The molecular formula is C27H14F5N3O2S. The van der Waals surface area contributed by atoms with E-state index in [1.807, 2.05) is 24.3 Å². The molecule has 0 spiro atoms. The molecule has 0 N–H and O–H groups in total. The summed E-state index contributed by atoms with van der Waals surface area (Å²) in [5.41, 5.74) is 1.36. The Morgan fingerprint density at radius 1 is 0.868 bits per heavy atom.